The van der Waals surface area contributed by atoms with E-state index >= 15 is 0 Å². The van der Waals surface area contributed by atoms with E-state index in [-0.39, 0.29) is 17.5 Å². The molecule has 1 saturated heterocycles. The quantitative estimate of drug-likeness (QED) is 0.736. The van der Waals surface area contributed by atoms with Crippen LogP contribution in [0.3, 0.4) is 0 Å². The average molecular weight is 237 g/mol. The molecule has 0 amide bonds. The highest BCUT2D eigenvalue weighted by Crippen LogP contribution is 2.27. The zero-order chi connectivity index (χ0) is 11.3. The Hall–Kier alpha value is -1.56. The molecule has 1 fully saturated rings. The van der Waals surface area contributed by atoms with Gasteiger partial charge in [0.1, 0.15) is 0 Å². The second-order valence-corrected chi connectivity index (χ2v) is 6.28. The van der Waals surface area contributed by atoms with E-state index < -0.39 is 9.84 Å². The van der Waals surface area contributed by atoms with Crippen LogP contribution in [0.15, 0.2) is 24.5 Å². The molecule has 5 nitrogen and oxygen atoms in total. The van der Waals surface area contributed by atoms with Crippen LogP contribution in [-0.2, 0) is 9.84 Å². The summed E-state index contributed by atoms with van der Waals surface area (Å²) in [4.78, 5) is 4.22. The first-order valence-corrected chi connectivity index (χ1v) is 6.80. The summed E-state index contributed by atoms with van der Waals surface area (Å²) in [7, 11) is -2.81. The number of benzene rings is 1. The van der Waals surface area contributed by atoms with Gasteiger partial charge in [-0.25, -0.2) is 13.4 Å². The van der Waals surface area contributed by atoms with E-state index in [1.807, 2.05) is 10.6 Å². The number of hydrogen-bond acceptors (Lipinski definition) is 4. The van der Waals surface area contributed by atoms with Gasteiger partial charge in [0.15, 0.2) is 9.84 Å². The number of hydrogen-bond donors (Lipinski definition) is 1. The van der Waals surface area contributed by atoms with E-state index in [1.54, 1.807) is 18.5 Å². The van der Waals surface area contributed by atoms with Crippen molar-refractivity contribution in [1.29, 1.82) is 0 Å². The summed E-state index contributed by atoms with van der Waals surface area (Å²) < 4.78 is 24.2. The Bertz CT molecular complexity index is 648. The summed E-state index contributed by atoms with van der Waals surface area (Å²) in [6.07, 6.45) is 1.68. The van der Waals surface area contributed by atoms with Crippen LogP contribution in [0.1, 0.15) is 6.04 Å². The van der Waals surface area contributed by atoms with Gasteiger partial charge >= 0.3 is 0 Å². The van der Waals surface area contributed by atoms with Crippen molar-refractivity contribution < 1.29 is 8.42 Å². The van der Waals surface area contributed by atoms with E-state index in [2.05, 4.69) is 4.98 Å². The fourth-order valence-corrected chi connectivity index (χ4v) is 3.43. The van der Waals surface area contributed by atoms with Crippen LogP contribution in [0.5, 0.6) is 0 Å². The minimum absolute atomic E-state index is 0.0265. The molecule has 0 bridgehead atoms. The van der Waals surface area contributed by atoms with Gasteiger partial charge in [-0.1, -0.05) is 0 Å². The molecule has 2 aromatic rings. The molecule has 2 heterocycles. The van der Waals surface area contributed by atoms with E-state index in [0.29, 0.717) is 5.69 Å². The van der Waals surface area contributed by atoms with E-state index in [0.717, 1.165) is 11.0 Å². The van der Waals surface area contributed by atoms with Gasteiger partial charge < -0.3 is 10.3 Å². The minimum atomic E-state index is -2.81. The standard InChI is InChI=1S/C10H11N3O2S/c11-7-1-2-10-9(3-7)12-6-13(10)8-4-16(14,15)5-8/h1-3,6,8H,4-5,11H2. The van der Waals surface area contributed by atoms with Gasteiger partial charge in [-0.2, -0.15) is 0 Å². The lowest BCUT2D eigenvalue weighted by Gasteiger charge is -2.27. The fourth-order valence-electron chi connectivity index (χ4n) is 2.04. The van der Waals surface area contributed by atoms with Crippen molar-refractivity contribution in [2.75, 3.05) is 17.2 Å². The van der Waals surface area contributed by atoms with Crippen molar-refractivity contribution in [3.63, 3.8) is 0 Å². The predicted octanol–water partition coefficient (Wildman–Crippen LogP) is 0.588. The third-order valence-electron chi connectivity index (χ3n) is 2.88. The summed E-state index contributed by atoms with van der Waals surface area (Å²) in [6, 6.07) is 5.49. The molecule has 1 aliphatic rings. The van der Waals surface area contributed by atoms with Crippen LogP contribution in [-0.4, -0.2) is 29.5 Å². The van der Waals surface area contributed by atoms with Gasteiger partial charge in [-0.05, 0) is 18.2 Å². The molecule has 0 aliphatic carbocycles. The predicted molar refractivity (Wildman–Crippen MR) is 61.8 cm³/mol. The Labute approximate surface area is 92.8 Å². The maximum absolute atomic E-state index is 11.1. The van der Waals surface area contributed by atoms with Gasteiger partial charge in [0.05, 0.1) is 34.9 Å². The number of anilines is 1. The fraction of sp³-hybridized carbons (Fsp3) is 0.300. The number of fused-ring (bicyclic) bond motifs is 1. The highest BCUT2D eigenvalue weighted by molar-refractivity contribution is 7.92. The lowest BCUT2D eigenvalue weighted by Crippen LogP contribution is -2.37. The smallest absolute Gasteiger partial charge is 0.154 e. The SMILES string of the molecule is Nc1ccc2c(c1)ncn2C1CS(=O)(=O)C1. The van der Waals surface area contributed by atoms with Gasteiger partial charge in [0, 0.05) is 5.69 Å². The largest absolute Gasteiger partial charge is 0.399 e. The number of nitrogen functional groups attached to an aromatic ring is 1. The van der Waals surface area contributed by atoms with Crippen LogP contribution in [0.4, 0.5) is 5.69 Å². The number of nitrogens with zero attached hydrogens (tertiary/aromatic N) is 2. The van der Waals surface area contributed by atoms with Gasteiger partial charge in [-0.15, -0.1) is 0 Å². The van der Waals surface area contributed by atoms with Crippen molar-refractivity contribution >= 4 is 26.6 Å². The summed E-state index contributed by atoms with van der Waals surface area (Å²) in [6.45, 7) is 0. The summed E-state index contributed by atoms with van der Waals surface area (Å²) >= 11 is 0. The molecule has 0 atom stereocenters. The zero-order valence-corrected chi connectivity index (χ0v) is 9.31. The molecule has 16 heavy (non-hydrogen) atoms. The van der Waals surface area contributed by atoms with E-state index in [9.17, 15) is 8.42 Å². The number of rotatable bonds is 1. The zero-order valence-electron chi connectivity index (χ0n) is 8.50. The topological polar surface area (TPSA) is 78.0 Å². The molecule has 2 N–H and O–H groups in total. The maximum Gasteiger partial charge on any atom is 0.154 e. The van der Waals surface area contributed by atoms with Crippen molar-refractivity contribution in [3.05, 3.63) is 24.5 Å². The minimum Gasteiger partial charge on any atom is -0.399 e. The van der Waals surface area contributed by atoms with Crippen molar-refractivity contribution in [1.82, 2.24) is 9.55 Å². The number of nitrogens with two attached hydrogens (primary N) is 1. The molecular weight excluding hydrogens is 226 g/mol. The Balaban J connectivity index is 2.06. The Morgan fingerprint density at radius 3 is 2.81 bits per heavy atom. The number of imidazole rings is 1. The third-order valence-corrected chi connectivity index (χ3v) is 4.67. The Morgan fingerprint density at radius 2 is 2.12 bits per heavy atom. The molecule has 3 rings (SSSR count). The maximum atomic E-state index is 11.1. The van der Waals surface area contributed by atoms with Crippen LogP contribution in [0.2, 0.25) is 0 Å². The normalized spacial score (nSPS) is 19.8. The van der Waals surface area contributed by atoms with Gasteiger partial charge in [0.25, 0.3) is 0 Å². The van der Waals surface area contributed by atoms with Gasteiger partial charge in [-0.3, -0.25) is 0 Å². The van der Waals surface area contributed by atoms with E-state index in [4.69, 9.17) is 5.73 Å². The summed E-state index contributed by atoms with van der Waals surface area (Å²) in [5.74, 6) is 0.422. The number of sulfone groups is 1. The van der Waals surface area contributed by atoms with Crippen molar-refractivity contribution in [2.24, 2.45) is 0 Å². The Morgan fingerprint density at radius 1 is 1.38 bits per heavy atom. The van der Waals surface area contributed by atoms with Crippen molar-refractivity contribution in [3.8, 4) is 0 Å². The molecule has 1 aromatic carbocycles. The molecule has 0 unspecified atom stereocenters. The molecule has 84 valence electrons. The Kier molecular flexibility index (Phi) is 1.79. The molecule has 6 heteroatoms. The second kappa shape index (κ2) is 2.98. The van der Waals surface area contributed by atoms with Crippen LogP contribution in [0.25, 0.3) is 11.0 Å². The van der Waals surface area contributed by atoms with Crippen LogP contribution in [0, 0.1) is 0 Å². The van der Waals surface area contributed by atoms with Crippen molar-refractivity contribution in [2.45, 2.75) is 6.04 Å². The first-order valence-electron chi connectivity index (χ1n) is 4.98. The van der Waals surface area contributed by atoms with E-state index in [1.165, 1.54) is 0 Å². The molecule has 1 aromatic heterocycles. The average Bonchev–Trinajstić information content (AvgIpc) is 2.56. The monoisotopic (exact) mass is 237 g/mol. The molecular formula is C10H11N3O2S. The summed E-state index contributed by atoms with van der Waals surface area (Å²) in [5, 5.41) is 0. The highest BCUT2D eigenvalue weighted by atomic mass is 32.2. The first-order chi connectivity index (χ1) is 7.55. The molecule has 1 aliphatic heterocycles. The lowest BCUT2D eigenvalue weighted by molar-refractivity contribution is 0.514. The molecule has 0 spiro atoms. The van der Waals surface area contributed by atoms with Crippen LogP contribution >= 0.6 is 0 Å². The molecule has 0 saturated carbocycles. The molecule has 0 radical (unpaired) electrons. The van der Waals surface area contributed by atoms with Gasteiger partial charge in [0.2, 0.25) is 0 Å². The van der Waals surface area contributed by atoms with Crippen LogP contribution < -0.4 is 5.73 Å². The second-order valence-electron chi connectivity index (χ2n) is 4.13. The summed E-state index contributed by atoms with van der Waals surface area (Å²) in [5.41, 5.74) is 8.07. The lowest BCUT2D eigenvalue weighted by atomic mass is 10.2. The third kappa shape index (κ3) is 1.37. The highest BCUT2D eigenvalue weighted by Gasteiger charge is 2.35. The first kappa shape index (κ1) is 9.65. The number of aromatic nitrogens is 2.